The molecule has 6 nitrogen and oxygen atoms in total. The summed E-state index contributed by atoms with van der Waals surface area (Å²) >= 11 is 0. The number of carbonyl (C=O) groups excluding carboxylic acids is 2. The lowest BCUT2D eigenvalue weighted by Crippen LogP contribution is -2.34. The Morgan fingerprint density at radius 1 is 0.719 bits per heavy atom. The van der Waals surface area contributed by atoms with E-state index >= 15 is 0 Å². The Labute approximate surface area is 198 Å². The second-order valence-corrected chi connectivity index (χ2v) is 9.79. The van der Waals surface area contributed by atoms with Crippen molar-refractivity contribution in [2.75, 3.05) is 26.3 Å². The first kappa shape index (κ1) is 30.7. The van der Waals surface area contributed by atoms with Crippen LogP contribution in [-0.2, 0) is 14.3 Å². The molecule has 1 unspecified atom stereocenters. The van der Waals surface area contributed by atoms with Crippen LogP contribution < -0.4 is 10.6 Å². The minimum Gasteiger partial charge on any atom is -0.444 e. The number of hydrogen-bond acceptors (Lipinski definition) is 4. The number of amides is 2. The number of unbranched alkanes of at least 4 members (excludes halogenated alkanes) is 8. The molecule has 32 heavy (non-hydrogen) atoms. The Hall–Kier alpha value is -1.30. The van der Waals surface area contributed by atoms with Gasteiger partial charge in [0.2, 0.25) is 5.91 Å². The van der Waals surface area contributed by atoms with Crippen LogP contribution in [0.15, 0.2) is 0 Å². The summed E-state index contributed by atoms with van der Waals surface area (Å²) in [5.74, 6) is 0.321. The number of carbonyl (C=O) groups is 2. The van der Waals surface area contributed by atoms with Crippen LogP contribution in [0.5, 0.6) is 0 Å². The third-order valence-electron chi connectivity index (χ3n) is 5.36. The Kier molecular flexibility index (Phi) is 19.5. The van der Waals surface area contributed by atoms with E-state index in [4.69, 9.17) is 9.47 Å². The molecule has 2 N–H and O–H groups in total. The van der Waals surface area contributed by atoms with Crippen molar-refractivity contribution in [2.45, 2.75) is 124 Å². The maximum atomic E-state index is 12.7. The molecular weight excluding hydrogens is 404 g/mol. The van der Waals surface area contributed by atoms with Crippen LogP contribution in [0.2, 0.25) is 0 Å². The summed E-state index contributed by atoms with van der Waals surface area (Å²) in [5, 5.41) is 5.78. The highest BCUT2D eigenvalue weighted by atomic mass is 16.6. The summed E-state index contributed by atoms with van der Waals surface area (Å²) in [7, 11) is 0. The summed E-state index contributed by atoms with van der Waals surface area (Å²) in [6.45, 7) is 12.1. The number of rotatable bonds is 20. The maximum Gasteiger partial charge on any atom is 0.407 e. The molecule has 0 fully saturated rings. The fraction of sp³-hybridized carbons (Fsp3) is 0.923. The van der Waals surface area contributed by atoms with E-state index in [1.165, 1.54) is 51.4 Å². The number of alkyl carbamates (subject to hydrolysis) is 1. The van der Waals surface area contributed by atoms with Crippen molar-refractivity contribution >= 4 is 12.0 Å². The maximum absolute atomic E-state index is 12.7. The smallest absolute Gasteiger partial charge is 0.407 e. The van der Waals surface area contributed by atoms with E-state index in [0.29, 0.717) is 32.7 Å². The Bertz CT molecular complexity index is 463. The van der Waals surface area contributed by atoms with Gasteiger partial charge in [0, 0.05) is 25.6 Å². The van der Waals surface area contributed by atoms with Gasteiger partial charge in [0.1, 0.15) is 5.60 Å². The highest BCUT2D eigenvalue weighted by Crippen LogP contribution is 2.19. The van der Waals surface area contributed by atoms with Crippen LogP contribution in [0.3, 0.4) is 0 Å². The zero-order valence-electron chi connectivity index (χ0n) is 21.7. The van der Waals surface area contributed by atoms with E-state index in [1.807, 2.05) is 20.8 Å². The van der Waals surface area contributed by atoms with Gasteiger partial charge in [0.05, 0.1) is 6.61 Å². The molecule has 2 amide bonds. The van der Waals surface area contributed by atoms with E-state index in [2.05, 4.69) is 24.5 Å². The van der Waals surface area contributed by atoms with Crippen molar-refractivity contribution < 1.29 is 19.1 Å². The standard InChI is InChI=1S/C26H52N2O4/c1-6-8-10-12-13-15-18-23(17-14-11-9-7-2)24(29)27-20-22-31-21-16-19-28-25(30)32-26(3,4)5/h23H,6-22H2,1-5H3,(H,27,29)(H,28,30). The average Bonchev–Trinajstić information content (AvgIpc) is 2.72. The van der Waals surface area contributed by atoms with Crippen molar-refractivity contribution in [1.29, 1.82) is 0 Å². The SMILES string of the molecule is CCCCCCCCC(CCCCCC)C(=O)NCCOCCCNC(=O)OC(C)(C)C. The third-order valence-corrected chi connectivity index (χ3v) is 5.36. The molecule has 0 aromatic heterocycles. The molecule has 190 valence electrons. The molecule has 0 aromatic rings. The second kappa shape index (κ2) is 20.3. The number of nitrogens with one attached hydrogen (secondary N) is 2. The first-order valence-electron chi connectivity index (χ1n) is 13.1. The summed E-state index contributed by atoms with van der Waals surface area (Å²) in [5.41, 5.74) is -0.484. The fourth-order valence-electron chi connectivity index (χ4n) is 3.57. The molecule has 0 radical (unpaired) electrons. The van der Waals surface area contributed by atoms with Gasteiger partial charge in [-0.2, -0.15) is 0 Å². The predicted octanol–water partition coefficient (Wildman–Crippen LogP) is 6.37. The molecule has 0 rings (SSSR count). The van der Waals surface area contributed by atoms with E-state index in [1.54, 1.807) is 0 Å². The molecule has 0 aliphatic carbocycles. The quantitative estimate of drug-likeness (QED) is 0.209. The van der Waals surface area contributed by atoms with Gasteiger partial charge in [-0.25, -0.2) is 4.79 Å². The molecule has 0 aromatic carbocycles. The van der Waals surface area contributed by atoms with E-state index in [9.17, 15) is 9.59 Å². The highest BCUT2D eigenvalue weighted by Gasteiger charge is 2.17. The van der Waals surface area contributed by atoms with Gasteiger partial charge in [-0.15, -0.1) is 0 Å². The van der Waals surface area contributed by atoms with Gasteiger partial charge in [-0.1, -0.05) is 78.1 Å². The lowest BCUT2D eigenvalue weighted by molar-refractivity contribution is -0.125. The van der Waals surface area contributed by atoms with Gasteiger partial charge in [-0.3, -0.25) is 4.79 Å². The molecule has 0 bridgehead atoms. The topological polar surface area (TPSA) is 76.7 Å². The van der Waals surface area contributed by atoms with E-state index in [-0.39, 0.29) is 11.8 Å². The Balaban J connectivity index is 3.96. The van der Waals surface area contributed by atoms with Crippen molar-refractivity contribution in [1.82, 2.24) is 10.6 Å². The Morgan fingerprint density at radius 3 is 1.88 bits per heavy atom. The average molecular weight is 457 g/mol. The van der Waals surface area contributed by atoms with Gasteiger partial charge in [0.15, 0.2) is 0 Å². The number of ether oxygens (including phenoxy) is 2. The largest absolute Gasteiger partial charge is 0.444 e. The summed E-state index contributed by atoms with van der Waals surface area (Å²) in [4.78, 5) is 24.2. The highest BCUT2D eigenvalue weighted by molar-refractivity contribution is 5.78. The van der Waals surface area contributed by atoms with Gasteiger partial charge >= 0.3 is 6.09 Å². The third kappa shape index (κ3) is 20.6. The van der Waals surface area contributed by atoms with Crippen molar-refractivity contribution in [2.24, 2.45) is 5.92 Å². The van der Waals surface area contributed by atoms with Crippen molar-refractivity contribution in [3.05, 3.63) is 0 Å². The molecule has 0 heterocycles. The van der Waals surface area contributed by atoms with Crippen LogP contribution in [0.4, 0.5) is 4.79 Å². The first-order chi connectivity index (χ1) is 15.3. The fourth-order valence-corrected chi connectivity index (χ4v) is 3.57. The van der Waals surface area contributed by atoms with Crippen LogP contribution >= 0.6 is 0 Å². The minimum atomic E-state index is -0.484. The van der Waals surface area contributed by atoms with Crippen molar-refractivity contribution in [3.8, 4) is 0 Å². The molecule has 1 atom stereocenters. The van der Waals surface area contributed by atoms with Gasteiger partial charge in [0.25, 0.3) is 0 Å². The van der Waals surface area contributed by atoms with Crippen LogP contribution in [0, 0.1) is 5.92 Å². The van der Waals surface area contributed by atoms with Crippen molar-refractivity contribution in [3.63, 3.8) is 0 Å². The zero-order chi connectivity index (χ0) is 24.1. The first-order valence-corrected chi connectivity index (χ1v) is 13.1. The van der Waals surface area contributed by atoms with Gasteiger partial charge in [-0.05, 0) is 40.0 Å². The molecular formula is C26H52N2O4. The molecule has 0 aliphatic heterocycles. The summed E-state index contributed by atoms with van der Waals surface area (Å²) in [6, 6.07) is 0. The second-order valence-electron chi connectivity index (χ2n) is 9.79. The predicted molar refractivity (Wildman–Crippen MR) is 133 cm³/mol. The number of hydrogen-bond donors (Lipinski definition) is 2. The molecule has 0 saturated heterocycles. The van der Waals surface area contributed by atoms with Crippen LogP contribution in [0.1, 0.15) is 118 Å². The lowest BCUT2D eigenvalue weighted by Gasteiger charge is -2.19. The molecule has 0 aliphatic rings. The minimum absolute atomic E-state index is 0.135. The van der Waals surface area contributed by atoms with E-state index in [0.717, 1.165) is 25.7 Å². The molecule has 6 heteroatoms. The molecule has 0 saturated carbocycles. The monoisotopic (exact) mass is 456 g/mol. The van der Waals surface area contributed by atoms with E-state index < -0.39 is 11.7 Å². The summed E-state index contributed by atoms with van der Waals surface area (Å²) < 4.78 is 10.8. The van der Waals surface area contributed by atoms with Gasteiger partial charge < -0.3 is 20.1 Å². The van der Waals surface area contributed by atoms with Crippen LogP contribution in [0.25, 0.3) is 0 Å². The lowest BCUT2D eigenvalue weighted by atomic mass is 9.93. The Morgan fingerprint density at radius 2 is 1.28 bits per heavy atom. The normalized spacial score (nSPS) is 12.4. The zero-order valence-corrected chi connectivity index (χ0v) is 21.7. The summed E-state index contributed by atoms with van der Waals surface area (Å²) in [6.07, 6.45) is 14.7. The van der Waals surface area contributed by atoms with Crippen LogP contribution in [-0.4, -0.2) is 43.9 Å². The molecule has 0 spiro atoms.